The SMILES string of the molecule is O=C(Cc1ccccc1F)Nc1cccc(S(=O)(=O)C2CCCC2)c1. The molecule has 0 atom stereocenters. The summed E-state index contributed by atoms with van der Waals surface area (Å²) in [6, 6.07) is 12.4. The van der Waals surface area contributed by atoms with Crippen LogP contribution in [0, 0.1) is 5.82 Å². The lowest BCUT2D eigenvalue weighted by molar-refractivity contribution is -0.115. The second-order valence-electron chi connectivity index (χ2n) is 6.30. The normalized spacial score (nSPS) is 15.2. The monoisotopic (exact) mass is 361 g/mol. The van der Waals surface area contributed by atoms with Crippen molar-refractivity contribution in [2.45, 2.75) is 42.2 Å². The molecule has 1 aliphatic carbocycles. The third-order valence-electron chi connectivity index (χ3n) is 4.50. The summed E-state index contributed by atoms with van der Waals surface area (Å²) in [6.45, 7) is 0. The number of amides is 1. The van der Waals surface area contributed by atoms with Crippen molar-refractivity contribution < 1.29 is 17.6 Å². The van der Waals surface area contributed by atoms with Gasteiger partial charge < -0.3 is 5.32 Å². The fourth-order valence-corrected chi connectivity index (χ4v) is 5.06. The molecule has 0 aromatic heterocycles. The first kappa shape index (κ1) is 17.6. The van der Waals surface area contributed by atoms with E-state index in [1.54, 1.807) is 36.4 Å². The second kappa shape index (κ2) is 7.35. The summed E-state index contributed by atoms with van der Waals surface area (Å²) in [5.41, 5.74) is 0.704. The zero-order chi connectivity index (χ0) is 17.9. The molecule has 0 heterocycles. The van der Waals surface area contributed by atoms with E-state index < -0.39 is 15.7 Å². The number of sulfone groups is 1. The number of halogens is 1. The van der Waals surface area contributed by atoms with Crippen LogP contribution in [0.25, 0.3) is 0 Å². The minimum absolute atomic E-state index is 0.105. The van der Waals surface area contributed by atoms with Gasteiger partial charge >= 0.3 is 0 Å². The Morgan fingerprint density at radius 2 is 1.80 bits per heavy atom. The van der Waals surface area contributed by atoms with Gasteiger partial charge in [-0.25, -0.2) is 12.8 Å². The molecule has 1 fully saturated rings. The van der Waals surface area contributed by atoms with Crippen molar-refractivity contribution in [2.24, 2.45) is 0 Å². The van der Waals surface area contributed by atoms with Crippen molar-refractivity contribution in [3.8, 4) is 0 Å². The molecule has 2 aromatic rings. The largest absolute Gasteiger partial charge is 0.326 e. The fraction of sp³-hybridized carbons (Fsp3) is 0.316. The Hall–Kier alpha value is -2.21. The lowest BCUT2D eigenvalue weighted by Crippen LogP contribution is -2.19. The van der Waals surface area contributed by atoms with E-state index in [0.717, 1.165) is 12.8 Å². The molecule has 0 saturated heterocycles. The van der Waals surface area contributed by atoms with Crippen LogP contribution in [0.2, 0.25) is 0 Å². The molecule has 2 aromatic carbocycles. The Bertz CT molecular complexity index is 874. The number of nitrogens with one attached hydrogen (secondary N) is 1. The molecule has 0 unspecified atom stereocenters. The Morgan fingerprint density at radius 1 is 1.08 bits per heavy atom. The van der Waals surface area contributed by atoms with E-state index in [0.29, 0.717) is 24.1 Å². The molecule has 1 amide bonds. The summed E-state index contributed by atoms with van der Waals surface area (Å²) in [6.07, 6.45) is 3.14. The van der Waals surface area contributed by atoms with Crippen molar-refractivity contribution in [3.05, 3.63) is 59.9 Å². The maximum Gasteiger partial charge on any atom is 0.228 e. The number of benzene rings is 2. The number of hydrogen-bond donors (Lipinski definition) is 1. The molecular weight excluding hydrogens is 341 g/mol. The number of hydrogen-bond acceptors (Lipinski definition) is 3. The first-order chi connectivity index (χ1) is 12.0. The van der Waals surface area contributed by atoms with Gasteiger partial charge in [0.15, 0.2) is 9.84 Å². The van der Waals surface area contributed by atoms with Crippen LogP contribution in [0.4, 0.5) is 10.1 Å². The summed E-state index contributed by atoms with van der Waals surface area (Å²) in [5, 5.41) is 2.31. The van der Waals surface area contributed by atoms with E-state index >= 15 is 0 Å². The average Bonchev–Trinajstić information content (AvgIpc) is 3.12. The molecule has 6 heteroatoms. The average molecular weight is 361 g/mol. The Balaban J connectivity index is 1.73. The molecule has 0 spiro atoms. The van der Waals surface area contributed by atoms with Gasteiger partial charge in [0.2, 0.25) is 5.91 Å². The van der Waals surface area contributed by atoms with Gasteiger partial charge in [0, 0.05) is 5.69 Å². The van der Waals surface area contributed by atoms with E-state index in [9.17, 15) is 17.6 Å². The Morgan fingerprint density at radius 3 is 2.52 bits per heavy atom. The van der Waals surface area contributed by atoms with Gasteiger partial charge in [-0.3, -0.25) is 4.79 Å². The predicted octanol–water partition coefficient (Wildman–Crippen LogP) is 3.72. The van der Waals surface area contributed by atoms with Crippen molar-refractivity contribution in [2.75, 3.05) is 5.32 Å². The first-order valence-corrected chi connectivity index (χ1v) is 9.88. The summed E-state index contributed by atoms with van der Waals surface area (Å²) in [7, 11) is -3.37. The molecular formula is C19H20FNO3S. The second-order valence-corrected chi connectivity index (χ2v) is 8.52. The van der Waals surface area contributed by atoms with E-state index in [1.165, 1.54) is 12.1 Å². The molecule has 1 saturated carbocycles. The smallest absolute Gasteiger partial charge is 0.228 e. The van der Waals surface area contributed by atoms with E-state index in [2.05, 4.69) is 5.32 Å². The minimum atomic E-state index is -3.37. The summed E-state index contributed by atoms with van der Waals surface area (Å²) in [4.78, 5) is 12.3. The Labute approximate surface area is 147 Å². The highest BCUT2D eigenvalue weighted by Gasteiger charge is 2.30. The summed E-state index contributed by atoms with van der Waals surface area (Å²) >= 11 is 0. The van der Waals surface area contributed by atoms with Crippen molar-refractivity contribution >= 4 is 21.4 Å². The number of rotatable bonds is 5. The lowest BCUT2D eigenvalue weighted by atomic mass is 10.1. The van der Waals surface area contributed by atoms with Gasteiger partial charge in [0.25, 0.3) is 0 Å². The first-order valence-electron chi connectivity index (χ1n) is 8.34. The van der Waals surface area contributed by atoms with Gasteiger partial charge in [0.1, 0.15) is 5.82 Å². The molecule has 1 aliphatic rings. The number of anilines is 1. The summed E-state index contributed by atoms with van der Waals surface area (Å²) < 4.78 is 38.9. The maximum absolute atomic E-state index is 13.6. The molecule has 25 heavy (non-hydrogen) atoms. The molecule has 132 valence electrons. The van der Waals surface area contributed by atoms with E-state index in [4.69, 9.17) is 0 Å². The van der Waals surface area contributed by atoms with Crippen LogP contribution in [-0.4, -0.2) is 19.6 Å². The predicted molar refractivity (Wildman–Crippen MR) is 94.6 cm³/mol. The van der Waals surface area contributed by atoms with Crippen molar-refractivity contribution in [3.63, 3.8) is 0 Å². The number of carbonyl (C=O) groups excluding carboxylic acids is 1. The maximum atomic E-state index is 13.6. The van der Waals surface area contributed by atoms with Gasteiger partial charge in [-0.2, -0.15) is 0 Å². The lowest BCUT2D eigenvalue weighted by Gasteiger charge is -2.13. The summed E-state index contributed by atoms with van der Waals surface area (Å²) in [5.74, 6) is -0.823. The van der Waals surface area contributed by atoms with E-state index in [-0.39, 0.29) is 22.5 Å². The van der Waals surface area contributed by atoms with Crippen molar-refractivity contribution in [1.82, 2.24) is 0 Å². The molecule has 1 N–H and O–H groups in total. The minimum Gasteiger partial charge on any atom is -0.326 e. The van der Waals surface area contributed by atoms with Gasteiger partial charge in [-0.05, 0) is 42.7 Å². The standard InChI is InChI=1S/C19H20FNO3S/c20-18-11-4-1-6-14(18)12-19(22)21-15-7-5-10-17(13-15)25(23,24)16-8-2-3-9-16/h1,4-7,10-11,13,16H,2-3,8-9,12H2,(H,21,22). The van der Waals surface area contributed by atoms with E-state index in [1.807, 2.05) is 0 Å². The topological polar surface area (TPSA) is 63.2 Å². The molecule has 3 rings (SSSR count). The van der Waals surface area contributed by atoms with Gasteiger partial charge in [-0.15, -0.1) is 0 Å². The van der Waals surface area contributed by atoms with Gasteiger partial charge in [-0.1, -0.05) is 37.1 Å². The molecule has 0 radical (unpaired) electrons. The molecule has 0 bridgehead atoms. The number of carbonyl (C=O) groups is 1. The third kappa shape index (κ3) is 4.07. The highest BCUT2D eigenvalue weighted by Crippen LogP contribution is 2.30. The van der Waals surface area contributed by atoms with Crippen LogP contribution >= 0.6 is 0 Å². The molecule has 4 nitrogen and oxygen atoms in total. The highest BCUT2D eigenvalue weighted by molar-refractivity contribution is 7.92. The van der Waals surface area contributed by atoms with Crippen LogP contribution in [0.15, 0.2) is 53.4 Å². The zero-order valence-electron chi connectivity index (χ0n) is 13.7. The van der Waals surface area contributed by atoms with Gasteiger partial charge in [0.05, 0.1) is 16.6 Å². The van der Waals surface area contributed by atoms with Crippen LogP contribution < -0.4 is 5.32 Å². The van der Waals surface area contributed by atoms with Crippen molar-refractivity contribution in [1.29, 1.82) is 0 Å². The van der Waals surface area contributed by atoms with Crippen LogP contribution in [-0.2, 0) is 21.1 Å². The zero-order valence-corrected chi connectivity index (χ0v) is 14.6. The Kier molecular flexibility index (Phi) is 5.18. The molecule has 0 aliphatic heterocycles. The third-order valence-corrected chi connectivity index (χ3v) is 6.76. The fourth-order valence-electron chi connectivity index (χ4n) is 3.16. The highest BCUT2D eigenvalue weighted by atomic mass is 32.2. The van der Waals surface area contributed by atoms with Crippen LogP contribution in [0.1, 0.15) is 31.2 Å². The van der Waals surface area contributed by atoms with Crippen LogP contribution in [0.5, 0.6) is 0 Å². The quantitative estimate of drug-likeness (QED) is 0.883. The van der Waals surface area contributed by atoms with Crippen LogP contribution in [0.3, 0.4) is 0 Å².